The highest BCUT2D eigenvalue weighted by molar-refractivity contribution is 4.93. The lowest BCUT2D eigenvalue weighted by atomic mass is 9.69. The van der Waals surface area contributed by atoms with Crippen LogP contribution in [0, 0.1) is 17.3 Å². The van der Waals surface area contributed by atoms with Gasteiger partial charge in [0.1, 0.15) is 0 Å². The van der Waals surface area contributed by atoms with Gasteiger partial charge in [-0.05, 0) is 56.9 Å². The molecule has 4 atom stereocenters. The molecule has 2 nitrogen and oxygen atoms in total. The van der Waals surface area contributed by atoms with Crippen LogP contribution in [0.25, 0.3) is 0 Å². The summed E-state index contributed by atoms with van der Waals surface area (Å²) in [4.78, 5) is 2.79. The first-order chi connectivity index (χ1) is 9.72. The smallest absolute Gasteiger partial charge is 0.0499 e. The summed E-state index contributed by atoms with van der Waals surface area (Å²) in [5, 5.41) is 10.1. The maximum Gasteiger partial charge on any atom is 0.0499 e. The molecule has 0 aromatic carbocycles. The lowest BCUT2D eigenvalue weighted by Crippen LogP contribution is -2.52. The second-order valence-corrected chi connectivity index (χ2v) is 8.08. The van der Waals surface area contributed by atoms with Crippen molar-refractivity contribution in [3.05, 3.63) is 0 Å². The van der Waals surface area contributed by atoms with E-state index >= 15 is 0 Å². The van der Waals surface area contributed by atoms with Crippen molar-refractivity contribution in [2.75, 3.05) is 19.7 Å². The molecule has 3 aliphatic rings. The number of aliphatic hydroxyl groups excluding tert-OH is 1. The quantitative estimate of drug-likeness (QED) is 0.848. The molecule has 1 saturated heterocycles. The van der Waals surface area contributed by atoms with Gasteiger partial charge < -0.3 is 5.11 Å². The number of piperidine rings is 1. The Morgan fingerprint density at radius 3 is 2.65 bits per heavy atom. The van der Waals surface area contributed by atoms with E-state index < -0.39 is 0 Å². The lowest BCUT2D eigenvalue weighted by molar-refractivity contribution is -0.0223. The zero-order valence-electron chi connectivity index (χ0n) is 13.3. The standard InChI is InChI=1S/C18H33NO/c1-15-6-4-10-18(12-15,14-20)13-19-11-5-8-16-7-2-3-9-17(16)19/h15-17,20H,2-14H2,1H3/t15?,16-,17-,18?/m1/s1. The van der Waals surface area contributed by atoms with Crippen LogP contribution < -0.4 is 0 Å². The molecule has 116 valence electrons. The Kier molecular flexibility index (Phi) is 4.72. The predicted molar refractivity (Wildman–Crippen MR) is 83.7 cm³/mol. The van der Waals surface area contributed by atoms with Crippen LogP contribution in [-0.2, 0) is 0 Å². The molecule has 2 saturated carbocycles. The molecule has 2 aliphatic carbocycles. The molecular weight excluding hydrogens is 246 g/mol. The van der Waals surface area contributed by atoms with Crippen molar-refractivity contribution < 1.29 is 5.11 Å². The van der Waals surface area contributed by atoms with E-state index in [1.807, 2.05) is 0 Å². The van der Waals surface area contributed by atoms with Gasteiger partial charge in [-0.2, -0.15) is 0 Å². The zero-order chi connectivity index (χ0) is 14.0. The largest absolute Gasteiger partial charge is 0.396 e. The van der Waals surface area contributed by atoms with Gasteiger partial charge in [0.05, 0.1) is 0 Å². The Morgan fingerprint density at radius 1 is 1.05 bits per heavy atom. The van der Waals surface area contributed by atoms with Gasteiger partial charge in [-0.3, -0.25) is 4.90 Å². The molecule has 20 heavy (non-hydrogen) atoms. The molecule has 1 heterocycles. The van der Waals surface area contributed by atoms with Crippen LogP contribution in [0.1, 0.15) is 71.1 Å². The highest BCUT2D eigenvalue weighted by atomic mass is 16.3. The molecular formula is C18H33NO. The molecule has 0 aromatic rings. The topological polar surface area (TPSA) is 23.5 Å². The monoisotopic (exact) mass is 279 g/mol. The Balaban J connectivity index is 1.67. The highest BCUT2D eigenvalue weighted by Gasteiger charge is 2.40. The van der Waals surface area contributed by atoms with Crippen molar-refractivity contribution in [3.63, 3.8) is 0 Å². The van der Waals surface area contributed by atoms with Crippen LogP contribution in [0.15, 0.2) is 0 Å². The summed E-state index contributed by atoms with van der Waals surface area (Å²) in [7, 11) is 0. The van der Waals surface area contributed by atoms with E-state index in [0.29, 0.717) is 6.61 Å². The van der Waals surface area contributed by atoms with E-state index in [9.17, 15) is 5.11 Å². The van der Waals surface area contributed by atoms with Crippen molar-refractivity contribution in [2.45, 2.75) is 77.2 Å². The first-order valence-electron chi connectivity index (χ1n) is 9.07. The lowest BCUT2D eigenvalue weighted by Gasteiger charge is -2.49. The molecule has 0 amide bonds. The summed E-state index contributed by atoms with van der Waals surface area (Å²) in [6.07, 6.45) is 13.8. The molecule has 0 aromatic heterocycles. The molecule has 2 heteroatoms. The van der Waals surface area contributed by atoms with Gasteiger partial charge in [0.15, 0.2) is 0 Å². The van der Waals surface area contributed by atoms with Crippen LogP contribution >= 0.6 is 0 Å². The van der Waals surface area contributed by atoms with Gasteiger partial charge in [0.2, 0.25) is 0 Å². The molecule has 1 aliphatic heterocycles. The molecule has 3 fully saturated rings. The second kappa shape index (κ2) is 6.36. The third kappa shape index (κ3) is 3.06. The number of rotatable bonds is 3. The number of likely N-dealkylation sites (tertiary alicyclic amines) is 1. The van der Waals surface area contributed by atoms with Gasteiger partial charge in [0, 0.05) is 24.6 Å². The SMILES string of the molecule is CC1CCCC(CO)(CN2CCC[C@H]3CCCC[C@H]32)C1. The summed E-state index contributed by atoms with van der Waals surface area (Å²) in [5.41, 5.74) is 0.219. The Labute approximate surface area is 124 Å². The highest BCUT2D eigenvalue weighted by Crippen LogP contribution is 2.42. The van der Waals surface area contributed by atoms with Gasteiger partial charge in [-0.1, -0.05) is 32.6 Å². The van der Waals surface area contributed by atoms with Gasteiger partial charge in [0.25, 0.3) is 0 Å². The van der Waals surface area contributed by atoms with Crippen molar-refractivity contribution in [1.29, 1.82) is 0 Å². The summed E-state index contributed by atoms with van der Waals surface area (Å²) < 4.78 is 0. The van der Waals surface area contributed by atoms with Crippen molar-refractivity contribution in [3.8, 4) is 0 Å². The normalized spacial score (nSPS) is 43.2. The fourth-order valence-electron chi connectivity index (χ4n) is 5.46. The fraction of sp³-hybridized carbons (Fsp3) is 1.00. The molecule has 1 N–H and O–H groups in total. The van der Waals surface area contributed by atoms with E-state index in [2.05, 4.69) is 11.8 Å². The Bertz CT molecular complexity index is 317. The summed E-state index contributed by atoms with van der Waals surface area (Å²) in [6, 6.07) is 0.846. The van der Waals surface area contributed by atoms with Crippen LogP contribution in [0.3, 0.4) is 0 Å². The summed E-state index contributed by atoms with van der Waals surface area (Å²) in [5.74, 6) is 1.78. The average Bonchev–Trinajstić information content (AvgIpc) is 2.48. The minimum absolute atomic E-state index is 0.219. The summed E-state index contributed by atoms with van der Waals surface area (Å²) in [6.45, 7) is 5.25. The van der Waals surface area contributed by atoms with Crippen LogP contribution in [0.4, 0.5) is 0 Å². The third-order valence-corrected chi connectivity index (χ3v) is 6.42. The fourth-order valence-corrected chi connectivity index (χ4v) is 5.46. The molecule has 3 rings (SSSR count). The number of fused-ring (bicyclic) bond motifs is 1. The van der Waals surface area contributed by atoms with Crippen LogP contribution in [-0.4, -0.2) is 35.7 Å². The second-order valence-electron chi connectivity index (χ2n) is 8.08. The van der Waals surface area contributed by atoms with Crippen LogP contribution in [0.5, 0.6) is 0 Å². The van der Waals surface area contributed by atoms with E-state index in [0.717, 1.165) is 17.9 Å². The first-order valence-corrected chi connectivity index (χ1v) is 9.07. The number of aliphatic hydroxyl groups is 1. The average molecular weight is 279 g/mol. The number of hydrogen-bond acceptors (Lipinski definition) is 2. The third-order valence-electron chi connectivity index (χ3n) is 6.42. The maximum atomic E-state index is 10.1. The van der Waals surface area contributed by atoms with E-state index in [1.165, 1.54) is 77.3 Å². The minimum atomic E-state index is 0.219. The molecule has 0 radical (unpaired) electrons. The molecule has 2 unspecified atom stereocenters. The minimum Gasteiger partial charge on any atom is -0.396 e. The maximum absolute atomic E-state index is 10.1. The Morgan fingerprint density at radius 2 is 1.85 bits per heavy atom. The summed E-state index contributed by atoms with van der Waals surface area (Å²) >= 11 is 0. The van der Waals surface area contributed by atoms with E-state index in [-0.39, 0.29) is 5.41 Å². The zero-order valence-corrected chi connectivity index (χ0v) is 13.3. The van der Waals surface area contributed by atoms with Crippen molar-refractivity contribution in [1.82, 2.24) is 4.90 Å². The number of hydrogen-bond donors (Lipinski definition) is 1. The van der Waals surface area contributed by atoms with E-state index in [4.69, 9.17) is 0 Å². The van der Waals surface area contributed by atoms with Crippen molar-refractivity contribution >= 4 is 0 Å². The van der Waals surface area contributed by atoms with Gasteiger partial charge in [-0.15, -0.1) is 0 Å². The van der Waals surface area contributed by atoms with Crippen molar-refractivity contribution in [2.24, 2.45) is 17.3 Å². The van der Waals surface area contributed by atoms with Gasteiger partial charge >= 0.3 is 0 Å². The Hall–Kier alpha value is -0.0800. The van der Waals surface area contributed by atoms with Gasteiger partial charge in [-0.25, -0.2) is 0 Å². The van der Waals surface area contributed by atoms with Crippen LogP contribution in [0.2, 0.25) is 0 Å². The number of nitrogens with zero attached hydrogens (tertiary/aromatic N) is 1. The molecule has 0 bridgehead atoms. The molecule has 0 spiro atoms. The predicted octanol–water partition coefficient (Wildman–Crippen LogP) is 3.83. The first kappa shape index (κ1) is 14.8. The van der Waals surface area contributed by atoms with E-state index in [1.54, 1.807) is 0 Å².